The van der Waals surface area contributed by atoms with E-state index in [-0.39, 0.29) is 11.0 Å². The molecule has 0 saturated carbocycles. The van der Waals surface area contributed by atoms with Crippen LogP contribution >= 0.6 is 0 Å². The largest absolute Gasteiger partial charge is 0.489 e. The molecule has 0 bridgehead atoms. The lowest BCUT2D eigenvalue weighted by atomic mass is 9.97. The highest BCUT2D eigenvalue weighted by Crippen LogP contribution is 2.31. The summed E-state index contributed by atoms with van der Waals surface area (Å²) in [7, 11) is -3.79. The molecule has 4 aromatic rings. The van der Waals surface area contributed by atoms with Crippen molar-refractivity contribution < 1.29 is 18.3 Å². The van der Waals surface area contributed by atoms with E-state index in [4.69, 9.17) is 10.5 Å². The third kappa shape index (κ3) is 7.05. The topological polar surface area (TPSA) is 129 Å². The van der Waals surface area contributed by atoms with Gasteiger partial charge in [-0.05, 0) is 84.1 Å². The Labute approximate surface area is 258 Å². The van der Waals surface area contributed by atoms with Gasteiger partial charge in [0, 0.05) is 49.2 Å². The fraction of sp³-hybridized carbons (Fsp3) is 0.265. The molecule has 0 saturated heterocycles. The first-order chi connectivity index (χ1) is 21.3. The molecule has 5 N–H and O–H groups in total. The number of hydrogen-bond acceptors (Lipinski definition) is 8. The van der Waals surface area contributed by atoms with E-state index in [1.165, 1.54) is 5.56 Å². The Morgan fingerprint density at radius 3 is 2.55 bits per heavy atom. The predicted molar refractivity (Wildman–Crippen MR) is 175 cm³/mol. The number of fused-ring (bicyclic) bond motifs is 1. The van der Waals surface area contributed by atoms with E-state index in [0.29, 0.717) is 42.6 Å². The molecule has 0 spiro atoms. The fourth-order valence-corrected chi connectivity index (χ4v) is 6.72. The van der Waals surface area contributed by atoms with Crippen molar-refractivity contribution in [3.63, 3.8) is 0 Å². The van der Waals surface area contributed by atoms with Gasteiger partial charge in [-0.2, -0.15) is 0 Å². The SMILES string of the molecule is Nc1ccc(C(O)CNCC2CCc3cc(S(=O)(=O)Nc4ccc(N5C=NCC(c6ccccc6)C5)cc4)ccc3O2)cc1. The number of aliphatic hydroxyl groups is 1. The summed E-state index contributed by atoms with van der Waals surface area (Å²) in [6.45, 7) is 2.51. The summed E-state index contributed by atoms with van der Waals surface area (Å²) in [6, 6.07) is 29.9. The molecular formula is C34H37N5O4S. The highest BCUT2D eigenvalue weighted by Gasteiger charge is 2.24. The van der Waals surface area contributed by atoms with Crippen LogP contribution in [0.15, 0.2) is 107 Å². The third-order valence-corrected chi connectivity index (χ3v) is 9.47. The van der Waals surface area contributed by atoms with Crippen molar-refractivity contribution in [1.82, 2.24) is 5.32 Å². The van der Waals surface area contributed by atoms with E-state index in [0.717, 1.165) is 36.3 Å². The number of sulfonamides is 1. The Kier molecular flexibility index (Phi) is 8.83. The lowest BCUT2D eigenvalue weighted by Gasteiger charge is -2.29. The van der Waals surface area contributed by atoms with Crippen molar-refractivity contribution in [3.8, 4) is 5.75 Å². The molecule has 228 valence electrons. The van der Waals surface area contributed by atoms with E-state index in [9.17, 15) is 13.5 Å². The normalized spacial score (nSPS) is 18.7. The maximum atomic E-state index is 13.3. The molecule has 0 fully saturated rings. The summed E-state index contributed by atoms with van der Waals surface area (Å²) < 4.78 is 35.4. The Morgan fingerprint density at radius 1 is 1.00 bits per heavy atom. The number of aryl methyl sites for hydroxylation is 1. The van der Waals surface area contributed by atoms with Crippen molar-refractivity contribution in [2.45, 2.75) is 35.9 Å². The van der Waals surface area contributed by atoms with Crippen LogP contribution in [-0.4, -0.2) is 52.1 Å². The molecule has 2 aliphatic rings. The minimum absolute atomic E-state index is 0.0758. The zero-order valence-electron chi connectivity index (χ0n) is 24.3. The highest BCUT2D eigenvalue weighted by molar-refractivity contribution is 7.92. The van der Waals surface area contributed by atoms with Gasteiger partial charge in [-0.15, -0.1) is 0 Å². The Bertz CT molecular complexity index is 1700. The van der Waals surface area contributed by atoms with Gasteiger partial charge in [0.25, 0.3) is 10.0 Å². The number of aliphatic imine (C=N–C) groups is 1. The van der Waals surface area contributed by atoms with Gasteiger partial charge in [-0.25, -0.2) is 8.42 Å². The van der Waals surface area contributed by atoms with E-state index in [1.54, 1.807) is 42.5 Å². The van der Waals surface area contributed by atoms with Crippen LogP contribution in [0, 0.1) is 0 Å². The van der Waals surface area contributed by atoms with Crippen LogP contribution < -0.4 is 25.4 Å². The quantitative estimate of drug-likeness (QED) is 0.191. The van der Waals surface area contributed by atoms with Crippen molar-refractivity contribution >= 4 is 33.4 Å². The molecule has 44 heavy (non-hydrogen) atoms. The summed E-state index contributed by atoms with van der Waals surface area (Å²) in [6.07, 6.45) is 2.56. The molecule has 3 unspecified atom stereocenters. The number of nitrogens with two attached hydrogens (primary N) is 1. The van der Waals surface area contributed by atoms with Gasteiger partial charge >= 0.3 is 0 Å². The summed E-state index contributed by atoms with van der Waals surface area (Å²) in [5.74, 6) is 0.981. The molecule has 0 amide bonds. The second-order valence-electron chi connectivity index (χ2n) is 11.3. The highest BCUT2D eigenvalue weighted by atomic mass is 32.2. The first-order valence-electron chi connectivity index (χ1n) is 14.8. The molecular weight excluding hydrogens is 574 g/mol. The van der Waals surface area contributed by atoms with Gasteiger partial charge in [0.2, 0.25) is 0 Å². The van der Waals surface area contributed by atoms with Crippen molar-refractivity contribution in [2.75, 3.05) is 41.5 Å². The lowest BCUT2D eigenvalue weighted by Crippen LogP contribution is -2.36. The summed E-state index contributed by atoms with van der Waals surface area (Å²) in [5, 5.41) is 13.7. The minimum atomic E-state index is -3.79. The third-order valence-electron chi connectivity index (χ3n) is 8.09. The Balaban J connectivity index is 1.03. The molecule has 10 heteroatoms. The number of hydrogen-bond donors (Lipinski definition) is 4. The molecule has 0 radical (unpaired) electrons. The predicted octanol–water partition coefficient (Wildman–Crippen LogP) is 4.72. The van der Waals surface area contributed by atoms with Crippen LogP contribution in [0.1, 0.15) is 35.1 Å². The van der Waals surface area contributed by atoms with Gasteiger partial charge in [0.15, 0.2) is 0 Å². The smallest absolute Gasteiger partial charge is 0.261 e. The minimum Gasteiger partial charge on any atom is -0.489 e. The molecule has 2 aliphatic heterocycles. The maximum Gasteiger partial charge on any atom is 0.261 e. The molecule has 6 rings (SSSR count). The number of rotatable bonds is 10. The zero-order chi connectivity index (χ0) is 30.5. The fourth-order valence-electron chi connectivity index (χ4n) is 5.61. The molecule has 9 nitrogen and oxygen atoms in total. The Hall–Kier alpha value is -4.38. The summed E-state index contributed by atoms with van der Waals surface area (Å²) >= 11 is 0. The monoisotopic (exact) mass is 611 g/mol. The number of nitrogens with one attached hydrogen (secondary N) is 2. The van der Waals surface area contributed by atoms with Crippen LogP contribution in [0.4, 0.5) is 17.1 Å². The number of benzene rings is 4. The van der Waals surface area contributed by atoms with Crippen LogP contribution in [0.25, 0.3) is 0 Å². The summed E-state index contributed by atoms with van der Waals surface area (Å²) in [4.78, 5) is 6.84. The van der Waals surface area contributed by atoms with E-state index >= 15 is 0 Å². The second kappa shape index (κ2) is 13.1. The molecule has 3 atom stereocenters. The van der Waals surface area contributed by atoms with Crippen LogP contribution in [0.5, 0.6) is 5.75 Å². The molecule has 4 aromatic carbocycles. The average Bonchev–Trinajstić information content (AvgIpc) is 3.05. The van der Waals surface area contributed by atoms with Crippen LogP contribution in [-0.2, 0) is 16.4 Å². The first kappa shape index (κ1) is 29.7. The van der Waals surface area contributed by atoms with Crippen molar-refractivity contribution in [1.29, 1.82) is 0 Å². The Morgan fingerprint density at radius 2 is 1.77 bits per heavy atom. The number of anilines is 3. The second-order valence-corrected chi connectivity index (χ2v) is 13.0. The maximum absolute atomic E-state index is 13.3. The number of aliphatic hydroxyl groups excluding tert-OH is 1. The van der Waals surface area contributed by atoms with Gasteiger partial charge in [0.05, 0.1) is 17.3 Å². The van der Waals surface area contributed by atoms with Gasteiger partial charge in [-0.3, -0.25) is 9.71 Å². The van der Waals surface area contributed by atoms with Crippen molar-refractivity contribution in [2.24, 2.45) is 4.99 Å². The standard InChI is InChI=1S/C34H37N5O4S/c35-28-9-6-25(7-10-28)33(40)21-36-20-31-15-8-26-18-32(16-17-34(26)43-31)44(41,42)38-29-11-13-30(14-12-29)39-22-27(19-37-23-39)24-4-2-1-3-5-24/h1-7,9-14,16-18,23,27,31,33,36,38,40H,8,15,19-22,35H2. The molecule has 0 aromatic heterocycles. The number of nitrogens with zero attached hydrogens (tertiary/aromatic N) is 2. The molecule has 2 heterocycles. The first-order valence-corrected chi connectivity index (χ1v) is 16.3. The van der Waals surface area contributed by atoms with Crippen LogP contribution in [0.2, 0.25) is 0 Å². The average molecular weight is 612 g/mol. The van der Waals surface area contributed by atoms with Gasteiger partial charge in [-0.1, -0.05) is 42.5 Å². The van der Waals surface area contributed by atoms with Crippen molar-refractivity contribution in [3.05, 3.63) is 114 Å². The number of nitrogen functional groups attached to an aromatic ring is 1. The summed E-state index contributed by atoms with van der Waals surface area (Å²) in [5.41, 5.74) is 10.7. The lowest BCUT2D eigenvalue weighted by molar-refractivity contribution is 0.146. The van der Waals surface area contributed by atoms with Crippen LogP contribution in [0.3, 0.4) is 0 Å². The number of ether oxygens (including phenoxy) is 1. The van der Waals surface area contributed by atoms with E-state index in [1.807, 2.05) is 48.8 Å². The van der Waals surface area contributed by atoms with Gasteiger partial charge in [0.1, 0.15) is 11.9 Å². The molecule has 0 aliphatic carbocycles. The van der Waals surface area contributed by atoms with E-state index < -0.39 is 16.1 Å². The van der Waals surface area contributed by atoms with Gasteiger partial charge < -0.3 is 25.8 Å². The van der Waals surface area contributed by atoms with E-state index in [2.05, 4.69) is 32.1 Å². The zero-order valence-corrected chi connectivity index (χ0v) is 25.2.